The highest BCUT2D eigenvalue weighted by Crippen LogP contribution is 2.40. The van der Waals surface area contributed by atoms with Crippen LogP contribution < -0.4 is 0 Å². The number of hydrogen-bond acceptors (Lipinski definition) is 6. The molecule has 1 unspecified atom stereocenters. The first-order valence-electron chi connectivity index (χ1n) is 10.3. The second-order valence-corrected chi connectivity index (χ2v) is 14.6. The Morgan fingerprint density at radius 1 is 1.28 bits per heavy atom. The molecular weight excluding hydrogens is 388 g/mol. The van der Waals surface area contributed by atoms with Crippen LogP contribution in [0, 0.1) is 10.1 Å². The molecule has 0 bridgehead atoms. The summed E-state index contributed by atoms with van der Waals surface area (Å²) in [5.41, 5.74) is 0.424. The molecule has 2 aliphatic heterocycles. The molecule has 162 valence electrons. The third-order valence-corrected chi connectivity index (χ3v) is 11.2. The highest BCUT2D eigenvalue weighted by Gasteiger charge is 2.60. The molecule has 2 fully saturated rings. The third-order valence-electron chi connectivity index (χ3n) is 6.71. The Labute approximate surface area is 174 Å². The van der Waals surface area contributed by atoms with Gasteiger partial charge in [-0.25, -0.2) is 0 Å². The van der Waals surface area contributed by atoms with Crippen LogP contribution in [0.4, 0.5) is 0 Å². The largest absolute Gasteiger partial charge is 0.411 e. The maximum atomic E-state index is 11.9. The van der Waals surface area contributed by atoms with Crippen LogP contribution in [0.1, 0.15) is 26.3 Å². The summed E-state index contributed by atoms with van der Waals surface area (Å²) in [4.78, 5) is 13.9. The fourth-order valence-electron chi connectivity index (χ4n) is 3.64. The van der Waals surface area contributed by atoms with Crippen molar-refractivity contribution in [1.29, 1.82) is 0 Å². The van der Waals surface area contributed by atoms with E-state index in [-0.39, 0.29) is 22.7 Å². The van der Waals surface area contributed by atoms with Crippen LogP contribution in [-0.4, -0.2) is 68.7 Å². The maximum absolute atomic E-state index is 11.9. The number of rotatable bonds is 9. The van der Waals surface area contributed by atoms with Gasteiger partial charge in [-0.1, -0.05) is 51.1 Å². The Morgan fingerprint density at radius 2 is 1.90 bits per heavy atom. The van der Waals surface area contributed by atoms with Gasteiger partial charge in [-0.2, -0.15) is 0 Å². The molecule has 29 heavy (non-hydrogen) atoms. The topological polar surface area (TPSA) is 74.1 Å². The van der Waals surface area contributed by atoms with E-state index in [2.05, 4.69) is 38.8 Å². The van der Waals surface area contributed by atoms with Gasteiger partial charge < -0.3 is 13.9 Å². The average Bonchev–Trinajstić information content (AvgIpc) is 2.56. The third kappa shape index (κ3) is 4.72. The SMILES string of the molecule is CC(C)(C)[Si](C)(C)OC1CN(C2(C(COCc3ccccc3)[N+](=O)[O-])COC2)C1. The number of nitro groups is 1. The average molecular weight is 423 g/mol. The molecule has 1 atom stereocenters. The van der Waals surface area contributed by atoms with Crippen molar-refractivity contribution in [3.05, 3.63) is 46.0 Å². The fraction of sp³-hybridized carbons (Fsp3) is 0.714. The summed E-state index contributed by atoms with van der Waals surface area (Å²) in [5.74, 6) is 0. The summed E-state index contributed by atoms with van der Waals surface area (Å²) < 4.78 is 17.7. The number of hydrogen-bond donors (Lipinski definition) is 0. The van der Waals surface area contributed by atoms with Crippen LogP contribution in [0.2, 0.25) is 18.1 Å². The van der Waals surface area contributed by atoms with E-state index in [9.17, 15) is 10.1 Å². The van der Waals surface area contributed by atoms with E-state index in [1.54, 1.807) is 0 Å². The number of nitrogens with zero attached hydrogens (tertiary/aromatic N) is 2. The second kappa shape index (κ2) is 8.43. The van der Waals surface area contributed by atoms with E-state index in [1.807, 2.05) is 30.3 Å². The van der Waals surface area contributed by atoms with Gasteiger partial charge >= 0.3 is 0 Å². The van der Waals surface area contributed by atoms with Crippen molar-refractivity contribution in [2.45, 2.75) is 63.2 Å². The zero-order valence-electron chi connectivity index (χ0n) is 18.2. The summed E-state index contributed by atoms with van der Waals surface area (Å²) in [6.45, 7) is 13.8. The first kappa shape index (κ1) is 22.4. The number of ether oxygens (including phenoxy) is 2. The first-order chi connectivity index (χ1) is 13.6. The molecule has 1 aromatic carbocycles. The Hall–Kier alpha value is -1.32. The standard InChI is InChI=1S/C21H34N2O5Si/c1-20(2,3)29(4,5)28-18-11-22(12-18)21(15-27-16-21)19(23(24)25)14-26-13-17-9-7-6-8-10-17/h6-10,18-19H,11-16H2,1-5H3. The van der Waals surface area contributed by atoms with Crippen molar-refractivity contribution in [1.82, 2.24) is 4.90 Å². The molecule has 0 spiro atoms. The summed E-state index contributed by atoms with van der Waals surface area (Å²) >= 11 is 0. The number of benzene rings is 1. The summed E-state index contributed by atoms with van der Waals surface area (Å²) in [6, 6.07) is 8.93. The molecular formula is C21H34N2O5Si. The zero-order chi connectivity index (χ0) is 21.3. The smallest absolute Gasteiger partial charge is 0.258 e. The van der Waals surface area contributed by atoms with Crippen molar-refractivity contribution in [3.63, 3.8) is 0 Å². The molecule has 2 heterocycles. The monoisotopic (exact) mass is 422 g/mol. The predicted octanol–water partition coefficient (Wildman–Crippen LogP) is 3.32. The Bertz CT molecular complexity index is 697. The number of likely N-dealkylation sites (tertiary alicyclic amines) is 1. The second-order valence-electron chi connectivity index (χ2n) is 9.80. The molecule has 0 aliphatic carbocycles. The molecule has 0 radical (unpaired) electrons. The van der Waals surface area contributed by atoms with Crippen LogP contribution in [0.5, 0.6) is 0 Å². The lowest BCUT2D eigenvalue weighted by atomic mass is 9.83. The van der Waals surface area contributed by atoms with E-state index >= 15 is 0 Å². The Kier molecular flexibility index (Phi) is 6.50. The molecule has 0 saturated carbocycles. The highest BCUT2D eigenvalue weighted by molar-refractivity contribution is 6.74. The summed E-state index contributed by atoms with van der Waals surface area (Å²) in [6.07, 6.45) is 0.144. The zero-order valence-corrected chi connectivity index (χ0v) is 19.2. The van der Waals surface area contributed by atoms with Gasteiger partial charge in [-0.15, -0.1) is 0 Å². The van der Waals surface area contributed by atoms with Crippen molar-refractivity contribution in [3.8, 4) is 0 Å². The van der Waals surface area contributed by atoms with Gasteiger partial charge in [-0.05, 0) is 23.7 Å². The van der Waals surface area contributed by atoms with Crippen molar-refractivity contribution in [2.75, 3.05) is 32.9 Å². The van der Waals surface area contributed by atoms with Crippen molar-refractivity contribution < 1.29 is 18.8 Å². The van der Waals surface area contributed by atoms with Gasteiger partial charge in [0, 0.05) is 18.0 Å². The minimum Gasteiger partial charge on any atom is -0.411 e. The molecule has 0 amide bonds. The summed E-state index contributed by atoms with van der Waals surface area (Å²) in [7, 11) is -1.84. The van der Waals surface area contributed by atoms with E-state index in [1.165, 1.54) is 0 Å². The quantitative estimate of drug-likeness (QED) is 0.345. The molecule has 7 nitrogen and oxygen atoms in total. The van der Waals surface area contributed by atoms with Gasteiger partial charge in [0.15, 0.2) is 8.32 Å². The van der Waals surface area contributed by atoms with E-state index in [4.69, 9.17) is 13.9 Å². The van der Waals surface area contributed by atoms with Gasteiger partial charge in [0.2, 0.25) is 0 Å². The molecule has 2 aliphatic rings. The minimum absolute atomic E-state index is 0.0789. The van der Waals surface area contributed by atoms with Gasteiger partial charge in [0.25, 0.3) is 6.04 Å². The maximum Gasteiger partial charge on any atom is 0.258 e. The van der Waals surface area contributed by atoms with Crippen LogP contribution in [0.3, 0.4) is 0 Å². The lowest BCUT2D eigenvalue weighted by molar-refractivity contribution is -0.555. The highest BCUT2D eigenvalue weighted by atomic mass is 28.4. The lowest BCUT2D eigenvalue weighted by Crippen LogP contribution is -2.77. The van der Waals surface area contributed by atoms with E-state index in [0.29, 0.717) is 19.8 Å². The lowest BCUT2D eigenvalue weighted by Gasteiger charge is -2.57. The fourth-order valence-corrected chi connectivity index (χ4v) is 4.98. The van der Waals surface area contributed by atoms with Crippen LogP contribution in [-0.2, 0) is 20.5 Å². The minimum atomic E-state index is -1.84. The van der Waals surface area contributed by atoms with E-state index < -0.39 is 19.9 Å². The van der Waals surface area contributed by atoms with Crippen LogP contribution >= 0.6 is 0 Å². The Balaban J connectivity index is 1.58. The molecule has 3 rings (SSSR count). The molecule has 0 N–H and O–H groups in total. The first-order valence-corrected chi connectivity index (χ1v) is 13.2. The van der Waals surface area contributed by atoms with Gasteiger partial charge in [-0.3, -0.25) is 15.0 Å². The van der Waals surface area contributed by atoms with Gasteiger partial charge in [0.1, 0.15) is 12.1 Å². The van der Waals surface area contributed by atoms with Crippen LogP contribution in [0.15, 0.2) is 30.3 Å². The van der Waals surface area contributed by atoms with Crippen LogP contribution in [0.25, 0.3) is 0 Å². The molecule has 1 aromatic rings. The van der Waals surface area contributed by atoms with Crippen molar-refractivity contribution in [2.24, 2.45) is 0 Å². The normalized spacial score (nSPS) is 21.3. The molecule has 2 saturated heterocycles. The van der Waals surface area contributed by atoms with Gasteiger partial charge in [0.05, 0.1) is 25.9 Å². The Morgan fingerprint density at radius 3 is 2.38 bits per heavy atom. The molecule has 8 heteroatoms. The predicted molar refractivity (Wildman–Crippen MR) is 114 cm³/mol. The molecule has 0 aromatic heterocycles. The summed E-state index contributed by atoms with van der Waals surface area (Å²) in [5, 5.41) is 12.0. The van der Waals surface area contributed by atoms with E-state index in [0.717, 1.165) is 18.7 Å². The van der Waals surface area contributed by atoms with Crippen molar-refractivity contribution >= 4 is 8.32 Å².